The Bertz CT molecular complexity index is 518. The van der Waals surface area contributed by atoms with Gasteiger partial charge in [-0.25, -0.2) is 0 Å². The minimum absolute atomic E-state index is 0.0380. The minimum atomic E-state index is 0.0380. The van der Waals surface area contributed by atoms with Crippen molar-refractivity contribution in [3.8, 4) is 11.5 Å². The van der Waals surface area contributed by atoms with Crippen LogP contribution < -0.4 is 14.8 Å². The van der Waals surface area contributed by atoms with Gasteiger partial charge in [-0.1, -0.05) is 6.92 Å². The Kier molecular flexibility index (Phi) is 6.72. The molecule has 1 saturated heterocycles. The van der Waals surface area contributed by atoms with Gasteiger partial charge in [0, 0.05) is 18.7 Å². The number of nitrogens with zero attached hydrogens (tertiary/aromatic N) is 1. The zero-order chi connectivity index (χ0) is 16.8. The molecule has 1 aliphatic rings. The maximum absolute atomic E-state index is 12.8. The van der Waals surface area contributed by atoms with Crippen LogP contribution in [0.5, 0.6) is 11.5 Å². The molecule has 0 unspecified atom stereocenters. The largest absolute Gasteiger partial charge is 0.495 e. The van der Waals surface area contributed by atoms with Gasteiger partial charge >= 0.3 is 0 Å². The average molecular weight is 385 g/mol. The molecule has 1 N–H and O–H groups in total. The highest BCUT2D eigenvalue weighted by Crippen LogP contribution is 2.36. The smallest absolute Gasteiger partial charge is 0.254 e. The molecule has 0 radical (unpaired) electrons. The fraction of sp³-hybridized carbons (Fsp3) is 0.588. The third kappa shape index (κ3) is 4.38. The van der Waals surface area contributed by atoms with Crippen LogP contribution in [0.1, 0.15) is 30.1 Å². The van der Waals surface area contributed by atoms with Crippen LogP contribution in [0.25, 0.3) is 0 Å². The predicted octanol–water partition coefficient (Wildman–Crippen LogP) is 2.93. The third-order valence-corrected chi connectivity index (χ3v) is 5.06. The topological polar surface area (TPSA) is 50.8 Å². The molecule has 1 heterocycles. The molecular formula is C17H25BrN2O3. The summed E-state index contributed by atoms with van der Waals surface area (Å²) in [6.07, 6.45) is 2.09. The number of ether oxygens (including phenoxy) is 2. The number of hydrogen-bond acceptors (Lipinski definition) is 4. The number of halogens is 1. The van der Waals surface area contributed by atoms with Gasteiger partial charge in [-0.05, 0) is 59.9 Å². The average Bonchev–Trinajstić information content (AvgIpc) is 2.60. The highest BCUT2D eigenvalue weighted by Gasteiger charge is 2.24. The number of amides is 1. The van der Waals surface area contributed by atoms with Crippen LogP contribution in [-0.2, 0) is 0 Å². The first-order chi connectivity index (χ1) is 11.1. The Hall–Kier alpha value is -1.27. The first-order valence-corrected chi connectivity index (χ1v) is 8.81. The number of hydrogen-bond donors (Lipinski definition) is 1. The highest BCUT2D eigenvalue weighted by atomic mass is 79.9. The van der Waals surface area contributed by atoms with Crippen molar-refractivity contribution in [1.82, 2.24) is 10.2 Å². The van der Waals surface area contributed by atoms with Crippen molar-refractivity contribution in [2.24, 2.45) is 5.92 Å². The van der Waals surface area contributed by atoms with Gasteiger partial charge < -0.3 is 19.7 Å². The Balaban J connectivity index is 2.06. The second-order valence-corrected chi connectivity index (χ2v) is 6.53. The summed E-state index contributed by atoms with van der Waals surface area (Å²) in [5.74, 6) is 1.91. The van der Waals surface area contributed by atoms with Gasteiger partial charge in [0.2, 0.25) is 0 Å². The summed E-state index contributed by atoms with van der Waals surface area (Å²) < 4.78 is 11.4. The maximum Gasteiger partial charge on any atom is 0.254 e. The summed E-state index contributed by atoms with van der Waals surface area (Å²) in [5.41, 5.74) is 0.604. The van der Waals surface area contributed by atoms with Crippen molar-refractivity contribution < 1.29 is 14.3 Å². The molecule has 1 fully saturated rings. The Morgan fingerprint density at radius 1 is 1.26 bits per heavy atom. The van der Waals surface area contributed by atoms with E-state index >= 15 is 0 Å². The first-order valence-electron chi connectivity index (χ1n) is 8.02. The number of piperidine rings is 1. The van der Waals surface area contributed by atoms with E-state index in [9.17, 15) is 4.79 Å². The molecule has 2 rings (SSSR count). The van der Waals surface area contributed by atoms with E-state index in [-0.39, 0.29) is 5.91 Å². The van der Waals surface area contributed by atoms with Crippen molar-refractivity contribution in [3.63, 3.8) is 0 Å². The molecule has 128 valence electrons. The minimum Gasteiger partial charge on any atom is -0.495 e. The second-order valence-electron chi connectivity index (χ2n) is 5.74. The van der Waals surface area contributed by atoms with Crippen molar-refractivity contribution >= 4 is 21.8 Å². The monoisotopic (exact) mass is 384 g/mol. The first kappa shape index (κ1) is 18.1. The molecule has 0 atom stereocenters. The van der Waals surface area contributed by atoms with Gasteiger partial charge in [0.1, 0.15) is 16.0 Å². The summed E-state index contributed by atoms with van der Waals surface area (Å²) in [6, 6.07) is 3.53. The summed E-state index contributed by atoms with van der Waals surface area (Å²) >= 11 is 3.43. The predicted molar refractivity (Wildman–Crippen MR) is 94.4 cm³/mol. The fourth-order valence-corrected chi connectivity index (χ4v) is 3.42. The van der Waals surface area contributed by atoms with E-state index in [1.165, 1.54) is 0 Å². The van der Waals surface area contributed by atoms with Gasteiger partial charge in [-0.3, -0.25) is 4.79 Å². The zero-order valence-corrected chi connectivity index (χ0v) is 15.6. The Labute approximate surface area is 146 Å². The van der Waals surface area contributed by atoms with E-state index in [1.54, 1.807) is 26.4 Å². The lowest BCUT2D eigenvalue weighted by Crippen LogP contribution is -2.40. The van der Waals surface area contributed by atoms with Crippen LogP contribution in [0, 0.1) is 5.92 Å². The van der Waals surface area contributed by atoms with E-state index in [0.717, 1.165) is 43.5 Å². The SMILES string of the molecule is CCNCC1CCN(C(=O)c2cc(OC)c(Br)c(OC)c2)CC1. The molecule has 6 heteroatoms. The van der Waals surface area contributed by atoms with Crippen LogP contribution in [0.4, 0.5) is 0 Å². The van der Waals surface area contributed by atoms with Crippen molar-refractivity contribution in [2.75, 3.05) is 40.4 Å². The highest BCUT2D eigenvalue weighted by molar-refractivity contribution is 9.10. The molecule has 1 aromatic carbocycles. The van der Waals surface area contributed by atoms with Crippen LogP contribution in [0.15, 0.2) is 16.6 Å². The van der Waals surface area contributed by atoms with E-state index in [1.807, 2.05) is 4.90 Å². The number of rotatable bonds is 6. The van der Waals surface area contributed by atoms with E-state index < -0.39 is 0 Å². The lowest BCUT2D eigenvalue weighted by molar-refractivity contribution is 0.0689. The fourth-order valence-electron chi connectivity index (χ4n) is 2.86. The van der Waals surface area contributed by atoms with Gasteiger partial charge in [-0.2, -0.15) is 0 Å². The summed E-state index contributed by atoms with van der Waals surface area (Å²) in [5, 5.41) is 3.39. The molecule has 0 aliphatic carbocycles. The number of methoxy groups -OCH3 is 2. The lowest BCUT2D eigenvalue weighted by Gasteiger charge is -2.32. The molecular weight excluding hydrogens is 360 g/mol. The van der Waals surface area contributed by atoms with Crippen LogP contribution in [-0.4, -0.2) is 51.2 Å². The van der Waals surface area contributed by atoms with Crippen LogP contribution in [0.3, 0.4) is 0 Å². The molecule has 0 saturated carbocycles. The van der Waals surface area contributed by atoms with Crippen LogP contribution in [0.2, 0.25) is 0 Å². The van der Waals surface area contributed by atoms with Gasteiger partial charge in [0.25, 0.3) is 5.91 Å². The molecule has 0 bridgehead atoms. The normalized spacial score (nSPS) is 15.6. The Morgan fingerprint density at radius 2 is 1.83 bits per heavy atom. The van der Waals surface area contributed by atoms with Gasteiger partial charge in [-0.15, -0.1) is 0 Å². The van der Waals surface area contributed by atoms with Gasteiger partial charge in [0.05, 0.1) is 14.2 Å². The molecule has 1 aromatic rings. The maximum atomic E-state index is 12.8. The Morgan fingerprint density at radius 3 is 2.30 bits per heavy atom. The number of likely N-dealkylation sites (tertiary alicyclic amines) is 1. The van der Waals surface area contributed by atoms with Gasteiger partial charge in [0.15, 0.2) is 0 Å². The molecule has 1 amide bonds. The standard InChI is InChI=1S/C17H25BrN2O3/c1-4-19-11-12-5-7-20(8-6-12)17(21)13-9-14(22-2)16(18)15(10-13)23-3/h9-10,12,19H,4-8,11H2,1-3H3. The van der Waals surface area contributed by atoms with E-state index in [4.69, 9.17) is 9.47 Å². The van der Waals surface area contributed by atoms with Crippen molar-refractivity contribution in [2.45, 2.75) is 19.8 Å². The second kappa shape index (κ2) is 8.55. The molecule has 5 nitrogen and oxygen atoms in total. The molecule has 0 aromatic heterocycles. The van der Waals surface area contributed by atoms with E-state index in [2.05, 4.69) is 28.2 Å². The molecule has 23 heavy (non-hydrogen) atoms. The summed E-state index contributed by atoms with van der Waals surface area (Å²) in [7, 11) is 3.17. The van der Waals surface area contributed by atoms with Crippen molar-refractivity contribution in [1.29, 1.82) is 0 Å². The van der Waals surface area contributed by atoms with Crippen LogP contribution >= 0.6 is 15.9 Å². The van der Waals surface area contributed by atoms with E-state index in [0.29, 0.717) is 23.0 Å². The third-order valence-electron chi connectivity index (χ3n) is 4.28. The number of carbonyl (C=O) groups is 1. The van der Waals surface area contributed by atoms with Crippen molar-refractivity contribution in [3.05, 3.63) is 22.2 Å². The number of carbonyl (C=O) groups excluding carboxylic acids is 1. The zero-order valence-electron chi connectivity index (χ0n) is 14.0. The number of benzene rings is 1. The summed E-state index contributed by atoms with van der Waals surface area (Å²) in [6.45, 7) is 5.76. The summed E-state index contributed by atoms with van der Waals surface area (Å²) in [4.78, 5) is 14.7. The number of nitrogens with one attached hydrogen (secondary N) is 1. The molecule has 0 spiro atoms. The molecule has 1 aliphatic heterocycles. The lowest BCUT2D eigenvalue weighted by atomic mass is 9.96. The quantitative estimate of drug-likeness (QED) is 0.818.